The number of rotatable bonds is 4. The molecule has 0 spiro atoms. The van der Waals surface area contributed by atoms with Crippen LogP contribution >= 0.6 is 0 Å². The van der Waals surface area contributed by atoms with E-state index in [1.54, 1.807) is 14.2 Å². The summed E-state index contributed by atoms with van der Waals surface area (Å²) in [5.41, 5.74) is 2.73. The van der Waals surface area contributed by atoms with Gasteiger partial charge in [-0.15, -0.1) is 0 Å². The molecule has 0 aliphatic carbocycles. The topological polar surface area (TPSA) is 21.7 Å². The van der Waals surface area contributed by atoms with Crippen molar-refractivity contribution in [1.82, 2.24) is 0 Å². The van der Waals surface area contributed by atoms with Crippen molar-refractivity contribution in [3.63, 3.8) is 0 Å². The summed E-state index contributed by atoms with van der Waals surface area (Å²) < 4.78 is 10.5. The van der Waals surface area contributed by atoms with Crippen molar-refractivity contribution in [3.05, 3.63) is 29.8 Å². The maximum atomic E-state index is 5.26. The van der Waals surface area contributed by atoms with Gasteiger partial charge in [0, 0.05) is 25.9 Å². The first-order valence-electron chi connectivity index (χ1n) is 5.66. The number of benzene rings is 1. The van der Waals surface area contributed by atoms with Gasteiger partial charge < -0.3 is 14.4 Å². The smallest absolute Gasteiger partial charge is 0.174 e. The lowest BCUT2D eigenvalue weighted by atomic mass is 10.1. The van der Waals surface area contributed by atoms with Crippen molar-refractivity contribution in [2.24, 2.45) is 0 Å². The van der Waals surface area contributed by atoms with E-state index in [1.165, 1.54) is 11.3 Å². The van der Waals surface area contributed by atoms with Crippen LogP contribution in [0.3, 0.4) is 0 Å². The Labute approximate surface area is 97.0 Å². The number of methoxy groups -OCH3 is 2. The van der Waals surface area contributed by atoms with E-state index in [9.17, 15) is 0 Å². The van der Waals surface area contributed by atoms with Crippen molar-refractivity contribution < 1.29 is 9.47 Å². The monoisotopic (exact) mass is 221 g/mol. The van der Waals surface area contributed by atoms with Gasteiger partial charge in [0.25, 0.3) is 0 Å². The van der Waals surface area contributed by atoms with Crippen molar-refractivity contribution in [3.8, 4) is 0 Å². The summed E-state index contributed by atoms with van der Waals surface area (Å²) in [4.78, 5) is 2.35. The Morgan fingerprint density at radius 2 is 2.00 bits per heavy atom. The molecule has 0 N–H and O–H groups in total. The third-order valence-electron chi connectivity index (χ3n) is 3.22. The van der Waals surface area contributed by atoms with E-state index >= 15 is 0 Å². The third-order valence-corrected chi connectivity index (χ3v) is 3.22. The molecular weight excluding hydrogens is 202 g/mol. The number of nitrogens with zero attached hydrogens (tertiary/aromatic N) is 1. The molecule has 16 heavy (non-hydrogen) atoms. The van der Waals surface area contributed by atoms with Gasteiger partial charge in [0.05, 0.1) is 6.54 Å². The summed E-state index contributed by atoms with van der Waals surface area (Å²) in [6.07, 6.45) is 0.949. The molecule has 0 bridgehead atoms. The quantitative estimate of drug-likeness (QED) is 0.726. The zero-order chi connectivity index (χ0) is 11.5. The van der Waals surface area contributed by atoms with E-state index in [2.05, 4.69) is 36.1 Å². The second-order valence-electron chi connectivity index (χ2n) is 4.24. The Morgan fingerprint density at radius 3 is 2.69 bits per heavy atom. The van der Waals surface area contributed by atoms with Crippen LogP contribution in [-0.4, -0.2) is 33.1 Å². The molecule has 2 rings (SSSR count). The summed E-state index contributed by atoms with van der Waals surface area (Å²) in [6, 6.07) is 9.06. The van der Waals surface area contributed by atoms with E-state index in [0.717, 1.165) is 13.0 Å². The molecule has 0 amide bonds. The highest BCUT2D eigenvalue weighted by Gasteiger charge is 2.27. The lowest BCUT2D eigenvalue weighted by Gasteiger charge is -2.28. The van der Waals surface area contributed by atoms with Crippen molar-refractivity contribution >= 4 is 5.69 Å². The SMILES string of the molecule is COC(CN1c2ccccc2CC1C)OC. The highest BCUT2D eigenvalue weighted by molar-refractivity contribution is 5.59. The van der Waals surface area contributed by atoms with Gasteiger partial charge in [-0.2, -0.15) is 0 Å². The lowest BCUT2D eigenvalue weighted by Crippen LogP contribution is -2.38. The maximum absolute atomic E-state index is 5.26. The molecule has 1 aromatic carbocycles. The first kappa shape index (κ1) is 11.4. The molecule has 1 heterocycles. The number of para-hydroxylation sites is 1. The van der Waals surface area contributed by atoms with Crippen LogP contribution in [-0.2, 0) is 15.9 Å². The zero-order valence-corrected chi connectivity index (χ0v) is 10.1. The first-order valence-corrected chi connectivity index (χ1v) is 5.66. The number of hydrogen-bond donors (Lipinski definition) is 0. The van der Waals surface area contributed by atoms with Crippen LogP contribution in [0.15, 0.2) is 24.3 Å². The fraction of sp³-hybridized carbons (Fsp3) is 0.538. The van der Waals surface area contributed by atoms with E-state index in [0.29, 0.717) is 6.04 Å². The summed E-state index contributed by atoms with van der Waals surface area (Å²) >= 11 is 0. The molecule has 1 aromatic rings. The number of anilines is 1. The first-order chi connectivity index (χ1) is 7.76. The molecule has 0 radical (unpaired) electrons. The zero-order valence-electron chi connectivity index (χ0n) is 10.1. The molecule has 1 aliphatic rings. The van der Waals surface area contributed by atoms with Gasteiger partial charge in [-0.1, -0.05) is 18.2 Å². The molecule has 1 unspecified atom stereocenters. The standard InChI is InChI=1S/C13H19NO2/c1-10-8-11-6-4-5-7-12(11)14(10)9-13(15-2)16-3/h4-7,10,13H,8-9H2,1-3H3. The van der Waals surface area contributed by atoms with E-state index < -0.39 is 0 Å². The van der Waals surface area contributed by atoms with Gasteiger partial charge in [-0.3, -0.25) is 0 Å². The van der Waals surface area contributed by atoms with Gasteiger partial charge >= 0.3 is 0 Å². The number of ether oxygens (including phenoxy) is 2. The van der Waals surface area contributed by atoms with Gasteiger partial charge in [0.15, 0.2) is 6.29 Å². The van der Waals surface area contributed by atoms with Crippen LogP contribution in [0.4, 0.5) is 5.69 Å². The van der Waals surface area contributed by atoms with Crippen LogP contribution < -0.4 is 4.90 Å². The maximum Gasteiger partial charge on any atom is 0.174 e. The Morgan fingerprint density at radius 1 is 1.31 bits per heavy atom. The second kappa shape index (κ2) is 4.85. The van der Waals surface area contributed by atoms with E-state index in [4.69, 9.17) is 9.47 Å². The van der Waals surface area contributed by atoms with Crippen LogP contribution in [0.5, 0.6) is 0 Å². The fourth-order valence-corrected chi connectivity index (χ4v) is 2.31. The molecule has 0 saturated heterocycles. The molecule has 0 aromatic heterocycles. The average molecular weight is 221 g/mol. The number of fused-ring (bicyclic) bond motifs is 1. The third kappa shape index (κ3) is 2.06. The van der Waals surface area contributed by atoms with Gasteiger partial charge in [-0.25, -0.2) is 0 Å². The Hall–Kier alpha value is -1.06. The molecule has 1 atom stereocenters. The van der Waals surface area contributed by atoms with Crippen LogP contribution in [0, 0.1) is 0 Å². The molecule has 0 fully saturated rings. The predicted octanol–water partition coefficient (Wildman–Crippen LogP) is 2.06. The Bertz CT molecular complexity index is 350. The molecular formula is C13H19NO2. The largest absolute Gasteiger partial charge is 0.363 e. The van der Waals surface area contributed by atoms with Gasteiger partial charge in [0.2, 0.25) is 0 Å². The average Bonchev–Trinajstić information content (AvgIpc) is 2.62. The summed E-state index contributed by atoms with van der Waals surface area (Å²) in [5.74, 6) is 0. The molecule has 88 valence electrons. The Balaban J connectivity index is 2.15. The highest BCUT2D eigenvalue weighted by Crippen LogP contribution is 2.31. The summed E-state index contributed by atoms with van der Waals surface area (Å²) in [5, 5.41) is 0. The minimum Gasteiger partial charge on any atom is -0.363 e. The molecule has 0 saturated carbocycles. The fourth-order valence-electron chi connectivity index (χ4n) is 2.31. The lowest BCUT2D eigenvalue weighted by molar-refractivity contribution is -0.0953. The Kier molecular flexibility index (Phi) is 3.46. The summed E-state index contributed by atoms with van der Waals surface area (Å²) in [7, 11) is 3.36. The second-order valence-corrected chi connectivity index (χ2v) is 4.24. The van der Waals surface area contributed by atoms with Crippen LogP contribution in [0.1, 0.15) is 12.5 Å². The van der Waals surface area contributed by atoms with Crippen LogP contribution in [0.25, 0.3) is 0 Å². The van der Waals surface area contributed by atoms with Crippen molar-refractivity contribution in [1.29, 1.82) is 0 Å². The minimum absolute atomic E-state index is 0.159. The minimum atomic E-state index is -0.159. The van der Waals surface area contributed by atoms with Gasteiger partial charge in [0.1, 0.15) is 0 Å². The predicted molar refractivity (Wildman–Crippen MR) is 64.8 cm³/mol. The normalized spacial score (nSPS) is 19.2. The molecule has 1 aliphatic heterocycles. The molecule has 3 heteroatoms. The summed E-state index contributed by atoms with van der Waals surface area (Å²) in [6.45, 7) is 3.02. The highest BCUT2D eigenvalue weighted by atomic mass is 16.7. The number of hydrogen-bond acceptors (Lipinski definition) is 3. The molecule has 3 nitrogen and oxygen atoms in total. The van der Waals surface area contributed by atoms with Crippen LogP contribution in [0.2, 0.25) is 0 Å². The van der Waals surface area contributed by atoms with E-state index in [-0.39, 0.29) is 6.29 Å². The van der Waals surface area contributed by atoms with Crippen molar-refractivity contribution in [2.75, 3.05) is 25.7 Å². The van der Waals surface area contributed by atoms with Crippen molar-refractivity contribution in [2.45, 2.75) is 25.7 Å². The van der Waals surface area contributed by atoms with E-state index in [1.807, 2.05) is 0 Å². The van der Waals surface area contributed by atoms with Gasteiger partial charge in [-0.05, 0) is 25.0 Å².